The summed E-state index contributed by atoms with van der Waals surface area (Å²) < 4.78 is 33.5. The first-order chi connectivity index (χ1) is 11.5. The Kier molecular flexibility index (Phi) is 7.23. The van der Waals surface area contributed by atoms with Gasteiger partial charge < -0.3 is 9.84 Å². The fourth-order valence-corrected chi connectivity index (χ4v) is 6.50. The predicted octanol–water partition coefficient (Wildman–Crippen LogP) is 6.56. The maximum absolute atomic E-state index is 12.9. The second kappa shape index (κ2) is 8.43. The van der Waals surface area contributed by atoms with E-state index in [4.69, 9.17) is 4.74 Å². The summed E-state index contributed by atoms with van der Waals surface area (Å²) in [5, 5.41) is 9.76. The Bertz CT molecular complexity index is 910. The minimum Gasteiger partial charge on any atom is -0.506 e. The van der Waals surface area contributed by atoms with Crippen molar-refractivity contribution in [2.45, 2.75) is 9.79 Å². The van der Waals surface area contributed by atoms with Crippen molar-refractivity contribution in [2.75, 3.05) is 6.61 Å². The molecule has 0 unspecified atom stereocenters. The molecule has 4 nitrogen and oxygen atoms in total. The van der Waals surface area contributed by atoms with E-state index >= 15 is 0 Å². The molecule has 0 atom stereocenters. The molecule has 0 saturated carbocycles. The number of hydrogen-bond donors (Lipinski definition) is 1. The molecule has 134 valence electrons. The lowest BCUT2D eigenvalue weighted by Gasteiger charge is -2.13. The smallest absolute Gasteiger partial charge is 0.206 e. The number of sulfone groups is 1. The molecule has 0 fully saturated rings. The SMILES string of the molecule is C=C(Br)COc1c(Br)cc(S(=O)(=O)c2cc(Br)c(O)c(Br)c2)cc1Br. The second-order valence-corrected chi connectivity index (χ2v) is 11.2. The number of aromatic hydroxyl groups is 1. The summed E-state index contributed by atoms with van der Waals surface area (Å²) in [5.74, 6) is 0.396. The van der Waals surface area contributed by atoms with Crippen LogP contribution in [-0.4, -0.2) is 20.1 Å². The van der Waals surface area contributed by atoms with Crippen molar-refractivity contribution in [2.24, 2.45) is 0 Å². The van der Waals surface area contributed by atoms with E-state index in [1.54, 1.807) is 0 Å². The van der Waals surface area contributed by atoms with Crippen LogP contribution >= 0.6 is 79.6 Å². The first-order valence-electron chi connectivity index (χ1n) is 6.42. The maximum atomic E-state index is 12.9. The van der Waals surface area contributed by atoms with Crippen LogP contribution in [0.15, 0.2) is 63.0 Å². The largest absolute Gasteiger partial charge is 0.506 e. The fraction of sp³-hybridized carbons (Fsp3) is 0.0667. The van der Waals surface area contributed by atoms with E-state index in [1.165, 1.54) is 24.3 Å². The highest BCUT2D eigenvalue weighted by Crippen LogP contribution is 2.40. The number of halogens is 5. The monoisotopic (exact) mass is 680 g/mol. The molecule has 0 aliphatic carbocycles. The first-order valence-corrected chi connectivity index (χ1v) is 11.9. The Labute approximate surface area is 187 Å². The van der Waals surface area contributed by atoms with Crippen molar-refractivity contribution in [3.63, 3.8) is 0 Å². The summed E-state index contributed by atoms with van der Waals surface area (Å²) in [5.41, 5.74) is 0. The van der Waals surface area contributed by atoms with E-state index in [0.29, 0.717) is 19.2 Å². The van der Waals surface area contributed by atoms with E-state index in [9.17, 15) is 13.5 Å². The third kappa shape index (κ3) is 4.90. The first kappa shape index (κ1) is 21.4. The van der Waals surface area contributed by atoms with Gasteiger partial charge in [-0.25, -0.2) is 8.42 Å². The molecule has 2 aromatic rings. The zero-order chi connectivity index (χ0) is 18.9. The van der Waals surface area contributed by atoms with Gasteiger partial charge in [-0.05, 0) is 88.0 Å². The minimum atomic E-state index is -3.81. The molecule has 10 heteroatoms. The average molecular weight is 685 g/mol. The van der Waals surface area contributed by atoms with Gasteiger partial charge >= 0.3 is 0 Å². The van der Waals surface area contributed by atoms with Crippen LogP contribution in [0.4, 0.5) is 0 Å². The molecule has 0 heterocycles. The quantitative estimate of drug-likeness (QED) is 0.388. The van der Waals surface area contributed by atoms with Crippen LogP contribution in [-0.2, 0) is 9.84 Å². The number of hydrogen-bond acceptors (Lipinski definition) is 4. The average Bonchev–Trinajstić information content (AvgIpc) is 2.50. The minimum absolute atomic E-state index is 0.0327. The molecule has 0 spiro atoms. The molecular formula is C15H9Br5O4S. The van der Waals surface area contributed by atoms with Crippen LogP contribution in [0.1, 0.15) is 0 Å². The number of rotatable bonds is 5. The molecule has 0 bridgehead atoms. The van der Waals surface area contributed by atoms with Crippen molar-refractivity contribution in [3.05, 3.63) is 53.2 Å². The Morgan fingerprint density at radius 3 is 1.76 bits per heavy atom. The highest BCUT2D eigenvalue weighted by atomic mass is 79.9. The summed E-state index contributed by atoms with van der Waals surface area (Å²) >= 11 is 16.1. The highest BCUT2D eigenvalue weighted by Gasteiger charge is 2.23. The number of ether oxygens (including phenoxy) is 1. The van der Waals surface area contributed by atoms with Gasteiger partial charge in [0.15, 0.2) is 0 Å². The van der Waals surface area contributed by atoms with Crippen molar-refractivity contribution in [1.29, 1.82) is 0 Å². The highest BCUT2D eigenvalue weighted by molar-refractivity contribution is 9.12. The van der Waals surface area contributed by atoms with E-state index in [-0.39, 0.29) is 31.1 Å². The van der Waals surface area contributed by atoms with E-state index in [0.717, 1.165) is 0 Å². The standard InChI is InChI=1S/C15H9Br5O4S/c1-7(16)6-24-15-12(19)4-9(5-13(15)20)25(22,23)8-2-10(17)14(21)11(18)3-8/h2-5,21H,1,6H2. The Morgan fingerprint density at radius 2 is 1.36 bits per heavy atom. The fourth-order valence-electron chi connectivity index (χ4n) is 1.81. The van der Waals surface area contributed by atoms with Gasteiger partial charge in [0.25, 0.3) is 0 Å². The van der Waals surface area contributed by atoms with Crippen LogP contribution in [0, 0.1) is 0 Å². The zero-order valence-electron chi connectivity index (χ0n) is 12.2. The summed E-state index contributed by atoms with van der Waals surface area (Å²) in [6, 6.07) is 5.61. The molecule has 1 N–H and O–H groups in total. The summed E-state index contributed by atoms with van der Waals surface area (Å²) in [6.45, 7) is 3.92. The van der Waals surface area contributed by atoms with Crippen molar-refractivity contribution in [3.8, 4) is 11.5 Å². The Morgan fingerprint density at radius 1 is 0.960 bits per heavy atom. The molecule has 0 radical (unpaired) electrons. The normalized spacial score (nSPS) is 11.4. The summed E-state index contributed by atoms with van der Waals surface area (Å²) in [7, 11) is -3.81. The van der Waals surface area contributed by atoms with Crippen LogP contribution < -0.4 is 4.74 Å². The van der Waals surface area contributed by atoms with Crippen molar-refractivity contribution in [1.82, 2.24) is 0 Å². The third-order valence-corrected chi connectivity index (χ3v) is 7.28. The van der Waals surface area contributed by atoms with Crippen LogP contribution in [0.2, 0.25) is 0 Å². The van der Waals surface area contributed by atoms with E-state index in [2.05, 4.69) is 86.2 Å². The van der Waals surface area contributed by atoms with Gasteiger partial charge in [0.05, 0.1) is 27.7 Å². The number of phenolic OH excluding ortho intramolecular Hbond substituents is 1. The van der Waals surface area contributed by atoms with Gasteiger partial charge in [-0.2, -0.15) is 0 Å². The molecule has 25 heavy (non-hydrogen) atoms. The van der Waals surface area contributed by atoms with Crippen LogP contribution in [0.3, 0.4) is 0 Å². The van der Waals surface area contributed by atoms with Crippen LogP contribution in [0.5, 0.6) is 11.5 Å². The van der Waals surface area contributed by atoms with Gasteiger partial charge in [0.1, 0.15) is 18.1 Å². The van der Waals surface area contributed by atoms with Gasteiger partial charge in [-0.3, -0.25) is 0 Å². The van der Waals surface area contributed by atoms with Crippen molar-refractivity contribution < 1.29 is 18.3 Å². The molecule has 2 rings (SSSR count). The number of benzene rings is 2. The zero-order valence-corrected chi connectivity index (χ0v) is 20.9. The Balaban J connectivity index is 2.52. The van der Waals surface area contributed by atoms with Gasteiger partial charge in [-0.1, -0.05) is 22.5 Å². The topological polar surface area (TPSA) is 63.6 Å². The molecular weight excluding hydrogens is 676 g/mol. The summed E-state index contributed by atoms with van der Waals surface area (Å²) in [4.78, 5) is 0.103. The van der Waals surface area contributed by atoms with Crippen molar-refractivity contribution >= 4 is 89.5 Å². The second-order valence-electron chi connectivity index (χ2n) is 4.76. The molecule has 0 aliphatic rings. The predicted molar refractivity (Wildman–Crippen MR) is 114 cm³/mol. The molecule has 0 aromatic heterocycles. The Hall–Kier alpha value is 0.130. The van der Waals surface area contributed by atoms with E-state index < -0.39 is 9.84 Å². The van der Waals surface area contributed by atoms with Gasteiger partial charge in [0.2, 0.25) is 9.84 Å². The number of phenols is 1. The lowest BCUT2D eigenvalue weighted by atomic mass is 10.3. The molecule has 0 amide bonds. The van der Waals surface area contributed by atoms with Gasteiger partial charge in [0, 0.05) is 4.48 Å². The third-order valence-electron chi connectivity index (χ3n) is 2.96. The molecule has 0 aliphatic heterocycles. The molecule has 2 aromatic carbocycles. The van der Waals surface area contributed by atoms with Gasteiger partial charge in [-0.15, -0.1) is 0 Å². The molecule has 0 saturated heterocycles. The lowest BCUT2D eigenvalue weighted by Crippen LogP contribution is -2.04. The lowest BCUT2D eigenvalue weighted by molar-refractivity contribution is 0.356. The maximum Gasteiger partial charge on any atom is 0.206 e. The van der Waals surface area contributed by atoms with Crippen LogP contribution in [0.25, 0.3) is 0 Å². The summed E-state index contributed by atoms with van der Waals surface area (Å²) in [6.07, 6.45) is 0. The van der Waals surface area contributed by atoms with E-state index in [1.807, 2.05) is 0 Å².